The number of amides is 1. The van der Waals surface area contributed by atoms with E-state index in [1.54, 1.807) is 20.1 Å². The van der Waals surface area contributed by atoms with Crippen LogP contribution in [0.1, 0.15) is 44.0 Å². The monoisotopic (exact) mass is 390 g/mol. The van der Waals surface area contributed by atoms with E-state index in [-0.39, 0.29) is 23.9 Å². The van der Waals surface area contributed by atoms with Crippen molar-refractivity contribution < 1.29 is 9.53 Å². The number of carbonyl (C=O) groups excluding carboxylic acids is 1. The van der Waals surface area contributed by atoms with Crippen molar-refractivity contribution in [2.24, 2.45) is 11.8 Å². The predicted molar refractivity (Wildman–Crippen MR) is 113 cm³/mol. The number of carbonyl (C=O) groups is 1. The Morgan fingerprint density at radius 1 is 1.34 bits per heavy atom. The number of anilines is 2. The van der Waals surface area contributed by atoms with E-state index in [4.69, 9.17) is 11.3 Å². The molecule has 2 aliphatic rings. The van der Waals surface area contributed by atoms with Gasteiger partial charge in [0, 0.05) is 31.7 Å². The molecular formula is C23H26N4O2. The Balaban J connectivity index is 1.77. The molecule has 3 atom stereocenters. The van der Waals surface area contributed by atoms with Crippen molar-refractivity contribution in [1.29, 1.82) is 0 Å². The van der Waals surface area contributed by atoms with Gasteiger partial charge < -0.3 is 15.0 Å². The number of benzene rings is 1. The van der Waals surface area contributed by atoms with Gasteiger partial charge in [-0.1, -0.05) is 19.1 Å². The number of ether oxygens (including phenoxy) is 1. The van der Waals surface area contributed by atoms with E-state index in [2.05, 4.69) is 22.1 Å². The van der Waals surface area contributed by atoms with Gasteiger partial charge in [-0.3, -0.25) is 4.79 Å². The number of hydrogen-bond donors (Lipinski definition) is 1. The first-order chi connectivity index (χ1) is 14.0. The maximum atomic E-state index is 12.6. The van der Waals surface area contributed by atoms with Gasteiger partial charge in [-0.2, -0.15) is 0 Å². The zero-order valence-electron chi connectivity index (χ0n) is 17.1. The fourth-order valence-electron chi connectivity index (χ4n) is 4.57. The van der Waals surface area contributed by atoms with Crippen molar-refractivity contribution in [2.45, 2.75) is 45.4 Å². The van der Waals surface area contributed by atoms with Gasteiger partial charge >= 0.3 is 0 Å². The second-order valence-electron chi connectivity index (χ2n) is 8.00. The molecule has 1 saturated carbocycles. The molecule has 1 N–H and O–H groups in total. The molecule has 6 nitrogen and oxygen atoms in total. The van der Waals surface area contributed by atoms with Gasteiger partial charge in [0.25, 0.3) is 0 Å². The zero-order chi connectivity index (χ0) is 20.5. The lowest BCUT2D eigenvalue weighted by atomic mass is 9.79. The Hall–Kier alpha value is -2.91. The number of aromatic nitrogens is 1. The van der Waals surface area contributed by atoms with Crippen LogP contribution in [0.3, 0.4) is 0 Å². The Bertz CT molecular complexity index is 964. The minimum atomic E-state index is -0.0294. The summed E-state index contributed by atoms with van der Waals surface area (Å²) in [5.41, 5.74) is 3.33. The minimum absolute atomic E-state index is 0.0294. The topological polar surface area (TPSA) is 58.8 Å². The predicted octanol–water partition coefficient (Wildman–Crippen LogP) is 4.71. The number of fused-ring (bicyclic) bond motifs is 1. The summed E-state index contributed by atoms with van der Waals surface area (Å²) in [5.74, 6) is 1.55. The van der Waals surface area contributed by atoms with Crippen molar-refractivity contribution in [3.8, 4) is 0 Å². The average Bonchev–Trinajstić information content (AvgIpc) is 3.54. The number of hydrogen-bond acceptors (Lipinski definition) is 4. The first-order valence-electron chi connectivity index (χ1n) is 10.1. The van der Waals surface area contributed by atoms with Crippen molar-refractivity contribution in [1.82, 2.24) is 4.98 Å². The van der Waals surface area contributed by atoms with Crippen molar-refractivity contribution in [3.05, 3.63) is 59.1 Å². The molecular weight excluding hydrogens is 364 g/mol. The summed E-state index contributed by atoms with van der Waals surface area (Å²) >= 11 is 0. The summed E-state index contributed by atoms with van der Waals surface area (Å²) in [6, 6.07) is 11.6. The van der Waals surface area contributed by atoms with Gasteiger partial charge in [0.05, 0.1) is 24.9 Å². The van der Waals surface area contributed by atoms with Crippen LogP contribution in [0, 0.1) is 18.4 Å². The maximum absolute atomic E-state index is 12.6. The molecule has 1 aromatic carbocycles. The lowest BCUT2D eigenvalue weighted by Crippen LogP contribution is -2.51. The summed E-state index contributed by atoms with van der Waals surface area (Å²) in [6.45, 7) is 11.7. The van der Waals surface area contributed by atoms with Crippen LogP contribution in [0.25, 0.3) is 4.85 Å². The first-order valence-corrected chi connectivity index (χ1v) is 10.1. The highest BCUT2D eigenvalue weighted by molar-refractivity contribution is 5.94. The maximum Gasteiger partial charge on any atom is 0.224 e. The van der Waals surface area contributed by atoms with Crippen molar-refractivity contribution in [2.75, 3.05) is 17.3 Å². The van der Waals surface area contributed by atoms with Crippen LogP contribution in [0.15, 0.2) is 36.4 Å². The van der Waals surface area contributed by atoms with Crippen LogP contribution >= 0.6 is 0 Å². The minimum Gasteiger partial charge on any atom is -0.378 e. The lowest BCUT2D eigenvalue weighted by molar-refractivity contribution is -0.117. The van der Waals surface area contributed by atoms with Gasteiger partial charge in [0.15, 0.2) is 5.69 Å². The molecule has 2 heterocycles. The number of nitrogens with one attached hydrogen (secondary N) is 1. The summed E-state index contributed by atoms with van der Waals surface area (Å²) < 4.78 is 5.21. The molecule has 1 aliphatic heterocycles. The molecule has 0 unspecified atom stereocenters. The molecule has 2 aromatic rings. The molecule has 29 heavy (non-hydrogen) atoms. The standard InChI is InChI=1S/C23H26N4O2/c1-14-22(26-21-7-5-6-18(25-21)13-29-4)19-12-17(24-3)10-11-20(19)27(15(2)28)23(14)16-8-9-16/h5-7,10-12,14,16,22-23H,8-9,13H2,1-2,4H3,(H,25,26)/t14-,22-,23-/m1/s1. The van der Waals surface area contributed by atoms with Crippen LogP contribution < -0.4 is 10.2 Å². The van der Waals surface area contributed by atoms with E-state index in [0.717, 1.165) is 35.6 Å². The summed E-state index contributed by atoms with van der Waals surface area (Å²) in [4.78, 5) is 22.8. The number of nitrogens with zero attached hydrogens (tertiary/aromatic N) is 3. The highest BCUT2D eigenvalue weighted by Crippen LogP contribution is 2.50. The lowest BCUT2D eigenvalue weighted by Gasteiger charge is -2.46. The van der Waals surface area contributed by atoms with E-state index in [1.165, 1.54) is 0 Å². The summed E-state index contributed by atoms with van der Waals surface area (Å²) in [6.07, 6.45) is 2.31. The molecule has 0 saturated heterocycles. The van der Waals surface area contributed by atoms with Crippen molar-refractivity contribution in [3.63, 3.8) is 0 Å². The fraction of sp³-hybridized carbons (Fsp3) is 0.435. The van der Waals surface area contributed by atoms with E-state index >= 15 is 0 Å². The van der Waals surface area contributed by atoms with E-state index in [9.17, 15) is 4.79 Å². The molecule has 1 fully saturated rings. The number of pyridine rings is 1. The molecule has 0 bridgehead atoms. The number of methoxy groups -OCH3 is 1. The highest BCUT2D eigenvalue weighted by Gasteiger charge is 2.47. The molecule has 0 radical (unpaired) electrons. The van der Waals surface area contributed by atoms with Gasteiger partial charge in [0.1, 0.15) is 5.82 Å². The Labute approximate surface area is 171 Å². The molecule has 1 aliphatic carbocycles. The highest BCUT2D eigenvalue weighted by atomic mass is 16.5. The molecule has 4 rings (SSSR count). The van der Waals surface area contributed by atoms with Crippen LogP contribution in [-0.4, -0.2) is 24.0 Å². The van der Waals surface area contributed by atoms with Gasteiger partial charge in [-0.15, -0.1) is 0 Å². The fourth-order valence-corrected chi connectivity index (χ4v) is 4.57. The van der Waals surface area contributed by atoms with Gasteiger partial charge in [-0.25, -0.2) is 9.83 Å². The Kier molecular flexibility index (Phi) is 5.25. The second-order valence-corrected chi connectivity index (χ2v) is 8.00. The van der Waals surface area contributed by atoms with E-state index < -0.39 is 0 Å². The van der Waals surface area contributed by atoms with Crippen LogP contribution in [-0.2, 0) is 16.1 Å². The smallest absolute Gasteiger partial charge is 0.224 e. The van der Waals surface area contributed by atoms with Crippen LogP contribution in [0.5, 0.6) is 0 Å². The van der Waals surface area contributed by atoms with Crippen LogP contribution in [0.4, 0.5) is 17.2 Å². The van der Waals surface area contributed by atoms with Crippen molar-refractivity contribution >= 4 is 23.1 Å². The first kappa shape index (κ1) is 19.4. The molecule has 0 spiro atoms. The number of rotatable bonds is 5. The molecule has 1 aromatic heterocycles. The van der Waals surface area contributed by atoms with Gasteiger partial charge in [0.2, 0.25) is 5.91 Å². The zero-order valence-corrected chi connectivity index (χ0v) is 17.1. The second kappa shape index (κ2) is 7.84. The summed E-state index contributed by atoms with van der Waals surface area (Å²) in [7, 11) is 1.66. The summed E-state index contributed by atoms with van der Waals surface area (Å²) in [5, 5.41) is 3.60. The third-order valence-electron chi connectivity index (χ3n) is 5.94. The van der Waals surface area contributed by atoms with E-state index in [0.29, 0.717) is 18.2 Å². The molecule has 6 heteroatoms. The third kappa shape index (κ3) is 3.70. The average molecular weight is 390 g/mol. The third-order valence-corrected chi connectivity index (χ3v) is 5.94. The Morgan fingerprint density at radius 3 is 2.79 bits per heavy atom. The SMILES string of the molecule is [C-]#[N+]c1ccc2c(c1)[C@H](Nc1cccc(COC)n1)[C@@H](C)[C@H](C1CC1)N2C(C)=O. The normalized spacial score (nSPS) is 23.2. The Morgan fingerprint density at radius 2 is 2.14 bits per heavy atom. The van der Waals surface area contributed by atoms with E-state index in [1.807, 2.05) is 35.2 Å². The van der Waals surface area contributed by atoms with Gasteiger partial charge in [-0.05, 0) is 48.6 Å². The quantitative estimate of drug-likeness (QED) is 0.751. The molecule has 1 amide bonds. The van der Waals surface area contributed by atoms with Crippen LogP contribution in [0.2, 0.25) is 0 Å². The molecule has 150 valence electrons. The largest absolute Gasteiger partial charge is 0.378 e.